The molecule has 7 nitrogen and oxygen atoms in total. The molecule has 0 aliphatic rings. The Hall–Kier alpha value is -4.00. The average Bonchev–Trinajstić information content (AvgIpc) is 3.12. The molecular weight excluding hydrogens is 346 g/mol. The third kappa shape index (κ3) is 3.25. The molecule has 0 saturated carbocycles. The summed E-state index contributed by atoms with van der Waals surface area (Å²) in [5.74, 6) is -0.0756. The Bertz CT molecular complexity index is 1130. The average molecular weight is 359 g/mol. The van der Waals surface area contributed by atoms with Gasteiger partial charge in [0.15, 0.2) is 5.58 Å². The quantitative estimate of drug-likeness (QED) is 0.422. The van der Waals surface area contributed by atoms with E-state index in [1.54, 1.807) is 18.2 Å². The van der Waals surface area contributed by atoms with E-state index in [1.165, 1.54) is 24.3 Å². The molecule has 1 heterocycles. The zero-order valence-corrected chi connectivity index (χ0v) is 14.0. The largest absolute Gasteiger partial charge is 0.436 e. The van der Waals surface area contributed by atoms with Crippen molar-refractivity contribution in [1.82, 2.24) is 4.98 Å². The number of aromatic nitrogens is 1. The number of nitro groups is 1. The first kappa shape index (κ1) is 16.5. The monoisotopic (exact) mass is 359 g/mol. The van der Waals surface area contributed by atoms with Gasteiger partial charge in [0.1, 0.15) is 5.52 Å². The molecule has 0 spiro atoms. The number of hydrogen-bond acceptors (Lipinski definition) is 5. The van der Waals surface area contributed by atoms with Crippen LogP contribution in [0.1, 0.15) is 10.4 Å². The molecule has 0 aliphatic heterocycles. The van der Waals surface area contributed by atoms with Crippen LogP contribution in [0.25, 0.3) is 22.6 Å². The molecule has 0 aliphatic carbocycles. The van der Waals surface area contributed by atoms with E-state index in [4.69, 9.17) is 4.42 Å². The van der Waals surface area contributed by atoms with Gasteiger partial charge in [0.05, 0.1) is 16.2 Å². The van der Waals surface area contributed by atoms with Gasteiger partial charge in [-0.2, -0.15) is 0 Å². The van der Waals surface area contributed by atoms with Crippen LogP contribution in [-0.4, -0.2) is 15.8 Å². The molecular formula is C20H13N3O4. The van der Waals surface area contributed by atoms with Crippen LogP contribution >= 0.6 is 0 Å². The molecule has 4 rings (SSSR count). The Morgan fingerprint density at radius 3 is 2.59 bits per heavy atom. The summed E-state index contributed by atoms with van der Waals surface area (Å²) in [7, 11) is 0. The summed E-state index contributed by atoms with van der Waals surface area (Å²) < 4.78 is 5.78. The van der Waals surface area contributed by atoms with Crippen molar-refractivity contribution >= 4 is 28.4 Å². The second-order valence-corrected chi connectivity index (χ2v) is 5.79. The minimum atomic E-state index is -0.539. The number of benzene rings is 3. The minimum absolute atomic E-state index is 0.144. The van der Waals surface area contributed by atoms with Gasteiger partial charge in [-0.05, 0) is 30.3 Å². The third-order valence-electron chi connectivity index (χ3n) is 4.02. The highest BCUT2D eigenvalue weighted by Gasteiger charge is 2.16. The number of anilines is 1. The summed E-state index contributed by atoms with van der Waals surface area (Å²) in [5.41, 5.74) is 2.53. The summed E-state index contributed by atoms with van der Waals surface area (Å²) in [6, 6.07) is 20.0. The van der Waals surface area contributed by atoms with Crippen molar-refractivity contribution in [3.8, 4) is 11.5 Å². The van der Waals surface area contributed by atoms with Gasteiger partial charge in [0.25, 0.3) is 11.6 Å². The van der Waals surface area contributed by atoms with Crippen LogP contribution in [0.2, 0.25) is 0 Å². The maximum Gasteiger partial charge on any atom is 0.270 e. The SMILES string of the molecule is O=C(Nc1ccccc1-c1nc2ccccc2o1)c1cccc([N+](=O)[O-])c1. The molecule has 3 aromatic carbocycles. The van der Waals surface area contributed by atoms with Gasteiger partial charge in [-0.3, -0.25) is 14.9 Å². The number of nitrogens with one attached hydrogen (secondary N) is 1. The van der Waals surface area contributed by atoms with Crippen LogP contribution in [0.15, 0.2) is 77.2 Å². The van der Waals surface area contributed by atoms with Crippen molar-refractivity contribution in [2.24, 2.45) is 0 Å². The number of nitro benzene ring substituents is 1. The van der Waals surface area contributed by atoms with E-state index in [-0.39, 0.29) is 11.3 Å². The molecule has 0 unspecified atom stereocenters. The molecule has 4 aromatic rings. The summed E-state index contributed by atoms with van der Waals surface area (Å²) in [4.78, 5) is 27.4. The number of rotatable bonds is 4. The second-order valence-electron chi connectivity index (χ2n) is 5.79. The Morgan fingerprint density at radius 1 is 1.00 bits per heavy atom. The van der Waals surface area contributed by atoms with E-state index in [0.29, 0.717) is 28.2 Å². The number of para-hydroxylation sites is 3. The topological polar surface area (TPSA) is 98.3 Å². The lowest BCUT2D eigenvalue weighted by molar-refractivity contribution is -0.384. The lowest BCUT2D eigenvalue weighted by Crippen LogP contribution is -2.12. The molecule has 0 atom stereocenters. The van der Waals surface area contributed by atoms with Gasteiger partial charge >= 0.3 is 0 Å². The molecule has 7 heteroatoms. The number of nitrogens with zero attached hydrogens (tertiary/aromatic N) is 2. The van der Waals surface area contributed by atoms with Crippen LogP contribution in [0, 0.1) is 10.1 Å². The summed E-state index contributed by atoms with van der Waals surface area (Å²) in [6.07, 6.45) is 0. The van der Waals surface area contributed by atoms with Crippen molar-refractivity contribution in [3.05, 3.63) is 88.5 Å². The maximum atomic E-state index is 12.6. The van der Waals surface area contributed by atoms with Crippen molar-refractivity contribution < 1.29 is 14.1 Å². The fourth-order valence-electron chi connectivity index (χ4n) is 2.72. The molecule has 1 amide bonds. The van der Waals surface area contributed by atoms with E-state index in [1.807, 2.05) is 30.3 Å². The Kier molecular flexibility index (Phi) is 4.10. The van der Waals surface area contributed by atoms with Gasteiger partial charge in [-0.25, -0.2) is 4.98 Å². The minimum Gasteiger partial charge on any atom is -0.436 e. The molecule has 0 bridgehead atoms. The summed E-state index contributed by atoms with van der Waals surface area (Å²) in [6.45, 7) is 0. The smallest absolute Gasteiger partial charge is 0.270 e. The van der Waals surface area contributed by atoms with E-state index in [9.17, 15) is 14.9 Å². The third-order valence-corrected chi connectivity index (χ3v) is 4.02. The first-order valence-electron chi connectivity index (χ1n) is 8.12. The first-order chi connectivity index (χ1) is 13.1. The van der Waals surface area contributed by atoms with Crippen LogP contribution in [0.3, 0.4) is 0 Å². The number of hydrogen-bond donors (Lipinski definition) is 1. The number of oxazole rings is 1. The van der Waals surface area contributed by atoms with Gasteiger partial charge in [-0.1, -0.05) is 30.3 Å². The van der Waals surface area contributed by atoms with Gasteiger partial charge in [0, 0.05) is 17.7 Å². The van der Waals surface area contributed by atoms with E-state index in [0.717, 1.165) is 0 Å². The second kappa shape index (κ2) is 6.72. The summed E-state index contributed by atoms with van der Waals surface area (Å²) >= 11 is 0. The van der Waals surface area contributed by atoms with Crippen molar-refractivity contribution in [2.75, 3.05) is 5.32 Å². The maximum absolute atomic E-state index is 12.6. The Labute approximate surface area is 153 Å². The summed E-state index contributed by atoms with van der Waals surface area (Å²) in [5, 5.41) is 13.7. The highest BCUT2D eigenvalue weighted by atomic mass is 16.6. The van der Waals surface area contributed by atoms with Crippen LogP contribution in [0.5, 0.6) is 0 Å². The fourth-order valence-corrected chi connectivity index (χ4v) is 2.72. The zero-order chi connectivity index (χ0) is 18.8. The molecule has 0 fully saturated rings. The lowest BCUT2D eigenvalue weighted by Gasteiger charge is -2.08. The normalized spacial score (nSPS) is 10.7. The first-order valence-corrected chi connectivity index (χ1v) is 8.12. The zero-order valence-electron chi connectivity index (χ0n) is 14.0. The van der Waals surface area contributed by atoms with E-state index < -0.39 is 10.8 Å². The van der Waals surface area contributed by atoms with Crippen molar-refractivity contribution in [2.45, 2.75) is 0 Å². The van der Waals surface area contributed by atoms with E-state index in [2.05, 4.69) is 10.3 Å². The van der Waals surface area contributed by atoms with Crippen LogP contribution in [0.4, 0.5) is 11.4 Å². The highest BCUT2D eigenvalue weighted by molar-refractivity contribution is 6.06. The van der Waals surface area contributed by atoms with Gasteiger partial charge in [-0.15, -0.1) is 0 Å². The highest BCUT2D eigenvalue weighted by Crippen LogP contribution is 2.30. The molecule has 132 valence electrons. The molecule has 0 radical (unpaired) electrons. The number of amides is 1. The predicted octanol–water partition coefficient (Wildman–Crippen LogP) is 4.66. The van der Waals surface area contributed by atoms with Crippen LogP contribution in [-0.2, 0) is 0 Å². The Balaban J connectivity index is 1.68. The number of fused-ring (bicyclic) bond motifs is 1. The lowest BCUT2D eigenvalue weighted by atomic mass is 10.1. The molecule has 0 saturated heterocycles. The molecule has 27 heavy (non-hydrogen) atoms. The Morgan fingerprint density at radius 2 is 1.78 bits per heavy atom. The number of non-ortho nitro benzene ring substituents is 1. The number of carbonyl (C=O) groups is 1. The predicted molar refractivity (Wildman–Crippen MR) is 100 cm³/mol. The van der Waals surface area contributed by atoms with Gasteiger partial charge < -0.3 is 9.73 Å². The van der Waals surface area contributed by atoms with Crippen molar-refractivity contribution in [1.29, 1.82) is 0 Å². The van der Waals surface area contributed by atoms with E-state index >= 15 is 0 Å². The number of carbonyl (C=O) groups excluding carboxylic acids is 1. The fraction of sp³-hybridized carbons (Fsp3) is 0. The molecule has 1 aromatic heterocycles. The standard InChI is InChI=1S/C20H13N3O4/c24-19(13-6-5-7-14(12-13)23(25)26)21-16-9-2-1-8-15(16)20-22-17-10-3-4-11-18(17)27-20/h1-12H,(H,21,24). The molecule has 1 N–H and O–H groups in total. The van der Waals surface area contributed by atoms with Crippen molar-refractivity contribution in [3.63, 3.8) is 0 Å². The van der Waals surface area contributed by atoms with Gasteiger partial charge in [0.2, 0.25) is 5.89 Å². The van der Waals surface area contributed by atoms with Crippen LogP contribution < -0.4 is 5.32 Å².